The monoisotopic (exact) mass is 263 g/mol. The third kappa shape index (κ3) is 3.18. The van der Waals surface area contributed by atoms with Gasteiger partial charge in [0, 0.05) is 23.8 Å². The van der Waals surface area contributed by atoms with E-state index in [1.807, 2.05) is 18.2 Å². The summed E-state index contributed by atoms with van der Waals surface area (Å²) in [4.78, 5) is 14.2. The Morgan fingerprint density at radius 1 is 1.33 bits per heavy atom. The molecule has 5 nitrogen and oxygen atoms in total. The predicted molar refractivity (Wildman–Crippen MR) is 69.7 cm³/mol. The SMILES string of the molecule is O=[N+]([O-])c1ccnc(NCc2cccc(Cl)c2)c1. The van der Waals surface area contributed by atoms with Gasteiger partial charge in [-0.1, -0.05) is 23.7 Å². The van der Waals surface area contributed by atoms with Crippen LogP contribution in [-0.2, 0) is 6.54 Å². The lowest BCUT2D eigenvalue weighted by Crippen LogP contribution is -2.01. The Balaban J connectivity index is 2.06. The first-order valence-electron chi connectivity index (χ1n) is 5.24. The molecule has 1 aromatic carbocycles. The Labute approximate surface area is 109 Å². The fourth-order valence-corrected chi connectivity index (χ4v) is 1.68. The Bertz CT molecular complexity index is 575. The predicted octanol–water partition coefficient (Wildman–Crippen LogP) is 3.26. The Kier molecular flexibility index (Phi) is 3.74. The second kappa shape index (κ2) is 5.46. The first-order chi connectivity index (χ1) is 8.65. The van der Waals surface area contributed by atoms with Crippen molar-refractivity contribution in [1.82, 2.24) is 4.98 Å². The Hall–Kier alpha value is -2.14. The van der Waals surface area contributed by atoms with Crippen LogP contribution in [0.5, 0.6) is 0 Å². The second-order valence-corrected chi connectivity index (χ2v) is 4.08. The van der Waals surface area contributed by atoms with Crippen LogP contribution in [0, 0.1) is 10.1 Å². The molecule has 0 saturated heterocycles. The highest BCUT2D eigenvalue weighted by atomic mass is 35.5. The molecule has 0 saturated carbocycles. The van der Waals surface area contributed by atoms with Crippen molar-refractivity contribution in [2.75, 3.05) is 5.32 Å². The zero-order valence-corrected chi connectivity index (χ0v) is 10.1. The van der Waals surface area contributed by atoms with Crippen LogP contribution in [0.1, 0.15) is 5.56 Å². The molecule has 2 aromatic rings. The average molecular weight is 264 g/mol. The molecule has 1 N–H and O–H groups in total. The van der Waals surface area contributed by atoms with Crippen LogP contribution in [0.4, 0.5) is 11.5 Å². The van der Waals surface area contributed by atoms with Gasteiger partial charge in [-0.25, -0.2) is 4.98 Å². The van der Waals surface area contributed by atoms with E-state index in [9.17, 15) is 10.1 Å². The topological polar surface area (TPSA) is 68.1 Å². The quantitative estimate of drug-likeness (QED) is 0.679. The van der Waals surface area contributed by atoms with Crippen molar-refractivity contribution in [3.05, 3.63) is 63.3 Å². The maximum atomic E-state index is 10.6. The van der Waals surface area contributed by atoms with Crippen molar-refractivity contribution in [3.63, 3.8) is 0 Å². The minimum Gasteiger partial charge on any atom is -0.366 e. The first-order valence-corrected chi connectivity index (χ1v) is 5.62. The molecular weight excluding hydrogens is 254 g/mol. The summed E-state index contributed by atoms with van der Waals surface area (Å²) in [6.07, 6.45) is 1.40. The molecular formula is C12H10ClN3O2. The van der Waals surface area contributed by atoms with Crippen molar-refractivity contribution in [1.29, 1.82) is 0 Å². The van der Waals surface area contributed by atoms with Crippen LogP contribution < -0.4 is 5.32 Å². The molecule has 1 aromatic heterocycles. The van der Waals surface area contributed by atoms with Crippen molar-refractivity contribution in [3.8, 4) is 0 Å². The number of anilines is 1. The number of hydrogen-bond donors (Lipinski definition) is 1. The summed E-state index contributed by atoms with van der Waals surface area (Å²) >= 11 is 5.86. The van der Waals surface area contributed by atoms with Crippen molar-refractivity contribution in [2.45, 2.75) is 6.54 Å². The Morgan fingerprint density at radius 2 is 2.17 bits per heavy atom. The van der Waals surface area contributed by atoms with Gasteiger partial charge in [0.05, 0.1) is 11.0 Å². The fraction of sp³-hybridized carbons (Fsp3) is 0.0833. The molecule has 0 unspecified atom stereocenters. The molecule has 0 aliphatic carbocycles. The summed E-state index contributed by atoms with van der Waals surface area (Å²) in [6, 6.07) is 10.1. The third-order valence-corrected chi connectivity index (χ3v) is 2.55. The number of hydrogen-bond acceptors (Lipinski definition) is 4. The van der Waals surface area contributed by atoms with E-state index in [1.165, 1.54) is 18.3 Å². The van der Waals surface area contributed by atoms with Crippen LogP contribution in [-0.4, -0.2) is 9.91 Å². The van der Waals surface area contributed by atoms with Gasteiger partial charge in [0.25, 0.3) is 5.69 Å². The van der Waals surface area contributed by atoms with Crippen molar-refractivity contribution in [2.24, 2.45) is 0 Å². The number of rotatable bonds is 4. The number of nitro groups is 1. The molecule has 0 spiro atoms. The van der Waals surface area contributed by atoms with E-state index in [4.69, 9.17) is 11.6 Å². The van der Waals surface area contributed by atoms with E-state index < -0.39 is 4.92 Å². The summed E-state index contributed by atoms with van der Waals surface area (Å²) in [6.45, 7) is 0.509. The maximum absolute atomic E-state index is 10.6. The summed E-state index contributed by atoms with van der Waals surface area (Å²) in [5.74, 6) is 0.462. The molecule has 2 rings (SSSR count). The smallest absolute Gasteiger partial charge is 0.274 e. The molecule has 92 valence electrons. The van der Waals surface area contributed by atoms with Crippen LogP contribution in [0.25, 0.3) is 0 Å². The van der Waals surface area contributed by atoms with E-state index >= 15 is 0 Å². The van der Waals surface area contributed by atoms with Crippen molar-refractivity contribution >= 4 is 23.1 Å². The van der Waals surface area contributed by atoms with Crippen molar-refractivity contribution < 1.29 is 4.92 Å². The second-order valence-electron chi connectivity index (χ2n) is 3.64. The molecule has 6 heteroatoms. The standard InChI is InChI=1S/C12H10ClN3O2/c13-10-3-1-2-9(6-10)8-15-12-7-11(16(17)18)4-5-14-12/h1-7H,8H2,(H,14,15). The number of halogens is 1. The number of pyridine rings is 1. The van der Waals surface area contributed by atoms with Gasteiger partial charge in [0.15, 0.2) is 0 Å². The molecule has 0 amide bonds. The highest BCUT2D eigenvalue weighted by molar-refractivity contribution is 6.30. The van der Waals surface area contributed by atoms with Crippen LogP contribution in [0.15, 0.2) is 42.6 Å². The van der Waals surface area contributed by atoms with E-state index in [-0.39, 0.29) is 5.69 Å². The number of nitrogens with one attached hydrogen (secondary N) is 1. The van der Waals surface area contributed by atoms with E-state index in [0.29, 0.717) is 17.4 Å². The summed E-state index contributed by atoms with van der Waals surface area (Å²) in [5, 5.41) is 14.3. The highest BCUT2D eigenvalue weighted by Crippen LogP contribution is 2.16. The Morgan fingerprint density at radius 3 is 2.89 bits per heavy atom. The highest BCUT2D eigenvalue weighted by Gasteiger charge is 2.06. The minimum atomic E-state index is -0.452. The zero-order chi connectivity index (χ0) is 13.0. The van der Waals surface area contributed by atoms with Gasteiger partial charge in [-0.05, 0) is 17.7 Å². The average Bonchev–Trinajstić information content (AvgIpc) is 2.37. The van der Waals surface area contributed by atoms with Crippen LogP contribution >= 0.6 is 11.6 Å². The maximum Gasteiger partial charge on any atom is 0.274 e. The number of benzene rings is 1. The number of aromatic nitrogens is 1. The molecule has 0 atom stereocenters. The lowest BCUT2D eigenvalue weighted by atomic mass is 10.2. The molecule has 0 fully saturated rings. The molecule has 0 aliphatic rings. The summed E-state index contributed by atoms with van der Waals surface area (Å²) in [7, 11) is 0. The lowest BCUT2D eigenvalue weighted by molar-refractivity contribution is -0.384. The van der Waals surface area contributed by atoms with E-state index in [2.05, 4.69) is 10.3 Å². The minimum absolute atomic E-state index is 0.0126. The van der Waals surface area contributed by atoms with Crippen LogP contribution in [0.3, 0.4) is 0 Å². The normalized spacial score (nSPS) is 10.1. The summed E-state index contributed by atoms with van der Waals surface area (Å²) < 4.78 is 0. The van der Waals surface area contributed by atoms with Gasteiger partial charge >= 0.3 is 0 Å². The molecule has 0 aliphatic heterocycles. The lowest BCUT2D eigenvalue weighted by Gasteiger charge is -2.05. The molecule has 0 bridgehead atoms. The van der Waals surface area contributed by atoms with Crippen LogP contribution in [0.2, 0.25) is 5.02 Å². The van der Waals surface area contributed by atoms with Gasteiger partial charge in [0.2, 0.25) is 0 Å². The van der Waals surface area contributed by atoms with Gasteiger partial charge in [0.1, 0.15) is 5.82 Å². The van der Waals surface area contributed by atoms with E-state index in [1.54, 1.807) is 6.07 Å². The van der Waals surface area contributed by atoms with Gasteiger partial charge in [-0.3, -0.25) is 10.1 Å². The first kappa shape index (κ1) is 12.3. The third-order valence-electron chi connectivity index (χ3n) is 2.32. The molecule has 0 radical (unpaired) electrons. The largest absolute Gasteiger partial charge is 0.366 e. The fourth-order valence-electron chi connectivity index (χ4n) is 1.47. The van der Waals surface area contributed by atoms with Gasteiger partial charge < -0.3 is 5.32 Å². The molecule has 1 heterocycles. The van der Waals surface area contributed by atoms with Gasteiger partial charge in [-0.15, -0.1) is 0 Å². The zero-order valence-electron chi connectivity index (χ0n) is 9.34. The van der Waals surface area contributed by atoms with Gasteiger partial charge in [-0.2, -0.15) is 0 Å². The summed E-state index contributed by atoms with van der Waals surface area (Å²) in [5.41, 5.74) is 0.995. The number of nitrogens with zero attached hydrogens (tertiary/aromatic N) is 2. The molecule has 18 heavy (non-hydrogen) atoms. The van der Waals surface area contributed by atoms with E-state index in [0.717, 1.165) is 5.56 Å².